The predicted molar refractivity (Wildman–Crippen MR) is 146 cm³/mol. The summed E-state index contributed by atoms with van der Waals surface area (Å²) in [4.78, 5) is 19.8. The lowest BCUT2D eigenvalue weighted by Gasteiger charge is -2.41. The van der Waals surface area contributed by atoms with E-state index in [1.165, 1.54) is 0 Å². The fourth-order valence-electron chi connectivity index (χ4n) is 5.47. The molecule has 0 spiro atoms. The van der Waals surface area contributed by atoms with Crippen LogP contribution in [-0.4, -0.2) is 56.3 Å². The Bertz CT molecular complexity index is 1290. The second-order valence-corrected chi connectivity index (χ2v) is 14.2. The molecule has 2 atom stereocenters. The molecule has 2 aromatic rings. The fraction of sp³-hybridized carbons (Fsp3) is 0.607. The second-order valence-electron chi connectivity index (χ2n) is 11.8. The Morgan fingerprint density at radius 1 is 1.15 bits per heavy atom. The van der Waals surface area contributed by atoms with Crippen molar-refractivity contribution in [2.75, 3.05) is 29.5 Å². The second kappa shape index (κ2) is 10.3. The maximum Gasteiger partial charge on any atom is 0.402 e. The highest BCUT2D eigenvalue weighted by atomic mass is 32.3. The van der Waals surface area contributed by atoms with Crippen LogP contribution in [0.2, 0.25) is 0 Å². The Labute approximate surface area is 233 Å². The number of nitriles is 1. The number of alkyl halides is 3. The normalized spacial score (nSPS) is 25.1. The fourth-order valence-corrected chi connectivity index (χ4v) is 6.70. The highest BCUT2D eigenvalue weighted by Crippen LogP contribution is 2.48. The zero-order valence-electron chi connectivity index (χ0n) is 22.6. The molecule has 3 N–H and O–H groups in total. The van der Waals surface area contributed by atoms with Gasteiger partial charge in [-0.3, -0.25) is 13.9 Å². The zero-order valence-corrected chi connectivity index (χ0v) is 23.4. The van der Waals surface area contributed by atoms with Crippen LogP contribution in [0.15, 0.2) is 28.7 Å². The van der Waals surface area contributed by atoms with Gasteiger partial charge in [-0.25, -0.2) is 4.98 Å². The van der Waals surface area contributed by atoms with Crippen molar-refractivity contribution in [1.82, 2.24) is 10.3 Å². The summed E-state index contributed by atoms with van der Waals surface area (Å²) in [5.41, 5.74) is -1.46. The molecule has 2 heterocycles. The first-order valence-electron chi connectivity index (χ1n) is 13.7. The third kappa shape index (κ3) is 5.56. The van der Waals surface area contributed by atoms with E-state index in [1.54, 1.807) is 12.1 Å². The van der Waals surface area contributed by atoms with Crippen molar-refractivity contribution < 1.29 is 31.5 Å². The number of carbonyl (C=O) groups excluding carboxylic acids is 1. The van der Waals surface area contributed by atoms with Gasteiger partial charge >= 0.3 is 6.18 Å². The van der Waals surface area contributed by atoms with Crippen molar-refractivity contribution in [2.24, 2.45) is 5.92 Å². The molecule has 0 radical (unpaired) electrons. The summed E-state index contributed by atoms with van der Waals surface area (Å²) in [5, 5.41) is 12.3. The van der Waals surface area contributed by atoms with E-state index in [0.717, 1.165) is 32.4 Å². The minimum absolute atomic E-state index is 0.269. The Hall–Kier alpha value is -2.75. The average Bonchev–Trinajstić information content (AvgIpc) is 3.54. The first-order valence-corrected chi connectivity index (χ1v) is 15.5. The SMILES string of the molecule is CC(C)(c1nc(-c2ccc(N3CCS(O)(O)CC3)cc2)c([C@@H]2CCCC[C@H]2C(=O)NC2(C#N)CC2)o1)C(F)(F)F. The van der Waals surface area contributed by atoms with E-state index in [4.69, 9.17) is 4.42 Å². The van der Waals surface area contributed by atoms with E-state index in [0.29, 0.717) is 44.3 Å². The molecule has 5 rings (SSSR count). The molecule has 1 aromatic heterocycles. The van der Waals surface area contributed by atoms with Crippen molar-refractivity contribution in [3.05, 3.63) is 35.9 Å². The summed E-state index contributed by atoms with van der Waals surface area (Å²) in [5.74, 6) is -0.887. The van der Waals surface area contributed by atoms with Gasteiger partial charge in [0.1, 0.15) is 22.4 Å². The first kappa shape index (κ1) is 28.8. The van der Waals surface area contributed by atoms with Crippen molar-refractivity contribution in [1.29, 1.82) is 5.26 Å². The van der Waals surface area contributed by atoms with Gasteiger partial charge in [-0.2, -0.15) is 29.0 Å². The number of amides is 1. The van der Waals surface area contributed by atoms with Gasteiger partial charge in [0.25, 0.3) is 0 Å². The number of benzene rings is 1. The molecule has 218 valence electrons. The molecule has 1 saturated heterocycles. The maximum atomic E-state index is 14.0. The summed E-state index contributed by atoms with van der Waals surface area (Å²) < 4.78 is 67.9. The minimum Gasteiger partial charge on any atom is -0.444 e. The third-order valence-electron chi connectivity index (χ3n) is 8.54. The minimum atomic E-state index is -4.60. The topological polar surface area (TPSA) is 123 Å². The molecule has 1 aliphatic heterocycles. The highest BCUT2D eigenvalue weighted by Gasteiger charge is 2.53. The standard InChI is InChI=1S/C28H35F3N4O4S/c1-26(2,28(29,30)31)25-33-22(18-7-9-19(10-8-18)35-13-15-40(37,38)16-14-35)23(39-25)20-5-3-4-6-21(20)24(36)34-27(17-32)11-12-27/h7-10,20-21,37-38H,3-6,11-16H2,1-2H3,(H,34,36)/t20-,21-/m1/s1. The van der Waals surface area contributed by atoms with Crippen LogP contribution >= 0.6 is 10.6 Å². The number of nitrogens with zero attached hydrogens (tertiary/aromatic N) is 3. The number of hydrogen-bond donors (Lipinski definition) is 3. The molecule has 2 saturated carbocycles. The van der Waals surface area contributed by atoms with Crippen molar-refractivity contribution in [3.8, 4) is 17.3 Å². The predicted octanol–water partition coefficient (Wildman–Crippen LogP) is 6.20. The van der Waals surface area contributed by atoms with E-state index in [-0.39, 0.29) is 28.9 Å². The van der Waals surface area contributed by atoms with Gasteiger partial charge in [0.05, 0.1) is 17.6 Å². The number of hydrogen-bond acceptors (Lipinski definition) is 7. The van der Waals surface area contributed by atoms with Crippen molar-refractivity contribution in [3.63, 3.8) is 0 Å². The van der Waals surface area contributed by atoms with E-state index in [9.17, 15) is 32.3 Å². The first-order chi connectivity index (χ1) is 18.8. The summed E-state index contributed by atoms with van der Waals surface area (Å²) in [7, 11) is -2.54. The van der Waals surface area contributed by atoms with Gasteiger partial charge in [0.2, 0.25) is 11.8 Å². The number of halogens is 3. The van der Waals surface area contributed by atoms with Crippen LogP contribution in [0.1, 0.15) is 69.9 Å². The number of oxazole rings is 1. The number of rotatable bonds is 6. The molecule has 1 amide bonds. The molecule has 40 heavy (non-hydrogen) atoms. The van der Waals surface area contributed by atoms with E-state index >= 15 is 0 Å². The zero-order chi connectivity index (χ0) is 28.9. The molecular formula is C28H35F3N4O4S. The Kier molecular flexibility index (Phi) is 7.38. The van der Waals surface area contributed by atoms with E-state index < -0.39 is 45.4 Å². The lowest BCUT2D eigenvalue weighted by molar-refractivity contribution is -0.186. The molecule has 1 aromatic carbocycles. The summed E-state index contributed by atoms with van der Waals surface area (Å²) >= 11 is 0. The van der Waals surface area contributed by atoms with Crippen LogP contribution in [0.4, 0.5) is 18.9 Å². The van der Waals surface area contributed by atoms with E-state index in [2.05, 4.69) is 16.4 Å². The maximum absolute atomic E-state index is 14.0. The molecule has 2 aliphatic carbocycles. The lowest BCUT2D eigenvalue weighted by Crippen LogP contribution is -2.42. The van der Waals surface area contributed by atoms with Crippen LogP contribution < -0.4 is 10.2 Å². The summed E-state index contributed by atoms with van der Waals surface area (Å²) in [6.45, 7) is 3.05. The molecule has 3 aliphatic rings. The molecule has 8 nitrogen and oxygen atoms in total. The number of aromatic nitrogens is 1. The van der Waals surface area contributed by atoms with Crippen LogP contribution in [0.25, 0.3) is 11.3 Å². The average molecular weight is 581 g/mol. The van der Waals surface area contributed by atoms with Crippen molar-refractivity contribution in [2.45, 2.75) is 75.4 Å². The Morgan fingerprint density at radius 2 is 1.77 bits per heavy atom. The van der Waals surface area contributed by atoms with Crippen LogP contribution in [-0.2, 0) is 10.2 Å². The Balaban J connectivity index is 1.50. The molecule has 12 heteroatoms. The quantitative estimate of drug-likeness (QED) is 0.372. The van der Waals surface area contributed by atoms with Gasteiger partial charge in [0, 0.05) is 36.2 Å². The number of carbonyl (C=O) groups is 1. The van der Waals surface area contributed by atoms with Gasteiger partial charge in [-0.05, 0) is 51.7 Å². The van der Waals surface area contributed by atoms with E-state index in [1.807, 2.05) is 17.0 Å². The largest absolute Gasteiger partial charge is 0.444 e. The van der Waals surface area contributed by atoms with Gasteiger partial charge in [-0.1, -0.05) is 25.0 Å². The van der Waals surface area contributed by atoms with Gasteiger partial charge in [-0.15, -0.1) is 0 Å². The molecular weight excluding hydrogens is 545 g/mol. The number of anilines is 1. The van der Waals surface area contributed by atoms with Crippen LogP contribution in [0, 0.1) is 17.2 Å². The highest BCUT2D eigenvalue weighted by molar-refractivity contribution is 8.24. The smallest absolute Gasteiger partial charge is 0.402 e. The molecule has 0 unspecified atom stereocenters. The summed E-state index contributed by atoms with van der Waals surface area (Å²) in [6, 6.07) is 9.41. The molecule has 3 fully saturated rings. The Morgan fingerprint density at radius 3 is 2.35 bits per heavy atom. The number of nitrogens with one attached hydrogen (secondary N) is 1. The van der Waals surface area contributed by atoms with Crippen molar-refractivity contribution >= 4 is 22.2 Å². The van der Waals surface area contributed by atoms with Crippen LogP contribution in [0.3, 0.4) is 0 Å². The van der Waals surface area contributed by atoms with Gasteiger partial charge in [0.15, 0.2) is 0 Å². The monoisotopic (exact) mass is 580 g/mol. The van der Waals surface area contributed by atoms with Gasteiger partial charge < -0.3 is 14.6 Å². The molecule has 0 bridgehead atoms. The lowest BCUT2D eigenvalue weighted by atomic mass is 9.76. The summed E-state index contributed by atoms with van der Waals surface area (Å²) in [6.07, 6.45) is -0.724. The third-order valence-corrected chi connectivity index (χ3v) is 10.2. The van der Waals surface area contributed by atoms with Crippen LogP contribution in [0.5, 0.6) is 0 Å².